The van der Waals surface area contributed by atoms with E-state index in [2.05, 4.69) is 22.0 Å². The summed E-state index contributed by atoms with van der Waals surface area (Å²) in [5, 5.41) is 4.25. The molecule has 3 heterocycles. The predicted molar refractivity (Wildman–Crippen MR) is 50.0 cm³/mol. The second kappa shape index (κ2) is 2.22. The quantitative estimate of drug-likeness (QED) is 0.590. The minimum absolute atomic E-state index is 0.924. The van der Waals surface area contributed by atoms with Crippen LogP contribution in [0, 0.1) is 0 Å². The molecule has 66 valence electrons. The number of rotatable bonds is 0. The Hall–Kier alpha value is -1.58. The van der Waals surface area contributed by atoms with E-state index in [1.807, 2.05) is 16.8 Å². The van der Waals surface area contributed by atoms with E-state index in [0.717, 1.165) is 18.6 Å². The first-order valence-corrected chi connectivity index (χ1v) is 4.39. The van der Waals surface area contributed by atoms with Gasteiger partial charge in [0.25, 0.3) is 0 Å². The lowest BCUT2D eigenvalue weighted by molar-refractivity contribution is 0.885. The zero-order chi connectivity index (χ0) is 8.84. The van der Waals surface area contributed by atoms with Crippen LogP contribution < -0.4 is 4.90 Å². The van der Waals surface area contributed by atoms with E-state index in [4.69, 9.17) is 0 Å². The SMILES string of the molecule is CN1CCc2cnc3ccnn3c21. The molecule has 13 heavy (non-hydrogen) atoms. The van der Waals surface area contributed by atoms with Gasteiger partial charge >= 0.3 is 0 Å². The van der Waals surface area contributed by atoms with Gasteiger partial charge in [-0.05, 0) is 6.42 Å². The molecule has 1 aliphatic rings. The maximum Gasteiger partial charge on any atom is 0.157 e. The first-order valence-electron chi connectivity index (χ1n) is 4.39. The number of aromatic nitrogens is 3. The summed E-state index contributed by atoms with van der Waals surface area (Å²) in [6.45, 7) is 1.07. The highest BCUT2D eigenvalue weighted by Gasteiger charge is 2.19. The van der Waals surface area contributed by atoms with Crippen LogP contribution in [0.15, 0.2) is 18.5 Å². The molecule has 2 aromatic rings. The molecule has 0 radical (unpaired) electrons. The summed E-state index contributed by atoms with van der Waals surface area (Å²) in [5.41, 5.74) is 2.21. The topological polar surface area (TPSA) is 33.4 Å². The van der Waals surface area contributed by atoms with Gasteiger partial charge in [-0.2, -0.15) is 9.61 Å². The minimum atomic E-state index is 0.924. The molecule has 0 unspecified atom stereocenters. The third-order valence-electron chi connectivity index (χ3n) is 2.54. The summed E-state index contributed by atoms with van der Waals surface area (Å²) < 4.78 is 1.91. The Balaban J connectivity index is 2.42. The van der Waals surface area contributed by atoms with Gasteiger partial charge in [-0.1, -0.05) is 0 Å². The number of hydrogen-bond acceptors (Lipinski definition) is 3. The fraction of sp³-hybridized carbons (Fsp3) is 0.333. The van der Waals surface area contributed by atoms with Crippen LogP contribution in [0.3, 0.4) is 0 Å². The minimum Gasteiger partial charge on any atom is -0.359 e. The van der Waals surface area contributed by atoms with Crippen molar-refractivity contribution in [3.05, 3.63) is 24.0 Å². The van der Waals surface area contributed by atoms with E-state index in [0.29, 0.717) is 0 Å². The normalized spacial score (nSPS) is 15.3. The number of nitrogens with zero attached hydrogens (tertiary/aromatic N) is 4. The number of anilines is 1. The molecule has 0 amide bonds. The van der Waals surface area contributed by atoms with Crippen LogP contribution in [0.2, 0.25) is 0 Å². The van der Waals surface area contributed by atoms with Crippen LogP contribution in [-0.4, -0.2) is 28.2 Å². The Kier molecular flexibility index (Phi) is 1.17. The van der Waals surface area contributed by atoms with Crippen molar-refractivity contribution in [3.63, 3.8) is 0 Å². The van der Waals surface area contributed by atoms with Gasteiger partial charge in [0.05, 0.1) is 6.20 Å². The third-order valence-corrected chi connectivity index (χ3v) is 2.54. The average molecular weight is 174 g/mol. The van der Waals surface area contributed by atoms with Crippen molar-refractivity contribution in [2.24, 2.45) is 0 Å². The summed E-state index contributed by atoms with van der Waals surface area (Å²) >= 11 is 0. The van der Waals surface area contributed by atoms with Crippen LogP contribution in [0.5, 0.6) is 0 Å². The van der Waals surface area contributed by atoms with Gasteiger partial charge in [-0.3, -0.25) is 0 Å². The summed E-state index contributed by atoms with van der Waals surface area (Å²) in [6.07, 6.45) is 4.82. The summed E-state index contributed by atoms with van der Waals surface area (Å²) in [5.74, 6) is 1.19. The molecule has 4 heteroatoms. The van der Waals surface area contributed by atoms with Gasteiger partial charge in [-0.25, -0.2) is 4.98 Å². The van der Waals surface area contributed by atoms with Crippen molar-refractivity contribution in [2.75, 3.05) is 18.5 Å². The number of hydrogen-bond donors (Lipinski definition) is 0. The van der Waals surface area contributed by atoms with E-state index in [1.165, 1.54) is 11.4 Å². The highest BCUT2D eigenvalue weighted by atomic mass is 15.3. The van der Waals surface area contributed by atoms with Crippen molar-refractivity contribution in [2.45, 2.75) is 6.42 Å². The van der Waals surface area contributed by atoms with E-state index in [1.54, 1.807) is 6.20 Å². The maximum atomic E-state index is 4.32. The van der Waals surface area contributed by atoms with Crippen LogP contribution in [0.4, 0.5) is 5.82 Å². The molecular weight excluding hydrogens is 164 g/mol. The molecule has 2 aromatic heterocycles. The van der Waals surface area contributed by atoms with Crippen LogP contribution in [0.1, 0.15) is 5.56 Å². The van der Waals surface area contributed by atoms with E-state index in [9.17, 15) is 0 Å². The van der Waals surface area contributed by atoms with E-state index in [-0.39, 0.29) is 0 Å². The average Bonchev–Trinajstić information content (AvgIpc) is 2.70. The van der Waals surface area contributed by atoms with Crippen molar-refractivity contribution in [1.29, 1.82) is 0 Å². The molecule has 0 saturated heterocycles. The summed E-state index contributed by atoms with van der Waals surface area (Å²) in [6, 6.07) is 1.92. The van der Waals surface area contributed by atoms with Gasteiger partial charge in [0.2, 0.25) is 0 Å². The number of fused-ring (bicyclic) bond motifs is 3. The van der Waals surface area contributed by atoms with Crippen molar-refractivity contribution in [1.82, 2.24) is 14.6 Å². The van der Waals surface area contributed by atoms with E-state index >= 15 is 0 Å². The van der Waals surface area contributed by atoms with E-state index < -0.39 is 0 Å². The Bertz CT molecular complexity index is 460. The zero-order valence-corrected chi connectivity index (χ0v) is 7.44. The molecule has 0 fully saturated rings. The highest BCUT2D eigenvalue weighted by Crippen LogP contribution is 2.25. The Labute approximate surface area is 75.8 Å². The first-order chi connectivity index (χ1) is 6.36. The molecule has 0 N–H and O–H groups in total. The molecule has 0 bridgehead atoms. The van der Waals surface area contributed by atoms with Crippen LogP contribution in [-0.2, 0) is 6.42 Å². The third kappa shape index (κ3) is 0.798. The lowest BCUT2D eigenvalue weighted by Crippen LogP contribution is -2.15. The first kappa shape index (κ1) is 6.88. The fourth-order valence-corrected chi connectivity index (χ4v) is 1.87. The van der Waals surface area contributed by atoms with Crippen molar-refractivity contribution >= 4 is 11.5 Å². The molecule has 4 nitrogen and oxygen atoms in total. The molecule has 0 spiro atoms. The van der Waals surface area contributed by atoms with Crippen LogP contribution in [0.25, 0.3) is 5.65 Å². The summed E-state index contributed by atoms with van der Waals surface area (Å²) in [4.78, 5) is 6.54. The van der Waals surface area contributed by atoms with Gasteiger partial charge < -0.3 is 4.90 Å². The standard InChI is InChI=1S/C9H10N4/c1-12-5-3-7-6-10-8-2-4-11-13(8)9(7)12/h2,4,6H,3,5H2,1H3. The van der Waals surface area contributed by atoms with Crippen molar-refractivity contribution in [3.8, 4) is 0 Å². The lowest BCUT2D eigenvalue weighted by atomic mass is 10.3. The monoisotopic (exact) mass is 174 g/mol. The van der Waals surface area contributed by atoms with Gasteiger partial charge in [-0.15, -0.1) is 0 Å². The Morgan fingerprint density at radius 3 is 3.31 bits per heavy atom. The second-order valence-electron chi connectivity index (χ2n) is 3.38. The zero-order valence-electron chi connectivity index (χ0n) is 7.44. The van der Waals surface area contributed by atoms with Gasteiger partial charge in [0.15, 0.2) is 5.65 Å². The molecular formula is C9H10N4. The number of likely N-dealkylation sites (N-methyl/N-ethyl adjacent to an activating group) is 1. The largest absolute Gasteiger partial charge is 0.359 e. The maximum absolute atomic E-state index is 4.32. The smallest absolute Gasteiger partial charge is 0.157 e. The van der Waals surface area contributed by atoms with Crippen molar-refractivity contribution < 1.29 is 0 Å². The molecule has 0 saturated carbocycles. The fourth-order valence-electron chi connectivity index (χ4n) is 1.87. The molecule has 3 rings (SSSR count). The molecule has 0 atom stereocenters. The molecule has 1 aliphatic heterocycles. The van der Waals surface area contributed by atoms with Crippen LogP contribution >= 0.6 is 0 Å². The van der Waals surface area contributed by atoms with Gasteiger partial charge in [0.1, 0.15) is 5.82 Å². The lowest BCUT2D eigenvalue weighted by Gasteiger charge is -2.12. The molecule has 0 aliphatic carbocycles. The molecule has 0 aromatic carbocycles. The predicted octanol–water partition coefficient (Wildman–Crippen LogP) is 0.722. The van der Waals surface area contributed by atoms with Gasteiger partial charge in [0, 0.05) is 31.4 Å². The Morgan fingerprint density at radius 2 is 2.38 bits per heavy atom. The Morgan fingerprint density at radius 1 is 1.46 bits per heavy atom. The highest BCUT2D eigenvalue weighted by molar-refractivity contribution is 5.56. The second-order valence-corrected chi connectivity index (χ2v) is 3.38. The summed E-state index contributed by atoms with van der Waals surface area (Å²) in [7, 11) is 2.09.